The number of carboxylic acid groups (broad SMARTS) is 1. The third kappa shape index (κ3) is 4.27. The van der Waals surface area contributed by atoms with Gasteiger partial charge in [-0.1, -0.05) is 18.6 Å². The summed E-state index contributed by atoms with van der Waals surface area (Å²) in [6.45, 7) is 2.78. The first kappa shape index (κ1) is 16.4. The molecule has 0 aliphatic carbocycles. The van der Waals surface area contributed by atoms with E-state index < -0.39 is 12.0 Å². The number of hydrogen-bond acceptors (Lipinski definition) is 3. The fourth-order valence-electron chi connectivity index (χ4n) is 2.67. The first-order valence-electron chi connectivity index (χ1n) is 7.49. The predicted octanol–water partition coefficient (Wildman–Crippen LogP) is 1.77. The highest BCUT2D eigenvalue weighted by Gasteiger charge is 2.30. The standard InChI is InChI=1S/C16H21FN2O3/c1-11(16(21)22)18-15(20)14-4-2-3-9-19(14)10-12-5-7-13(17)8-6-12/h5-8,11,14H,2-4,9-10H2,1H3,(H,18,20)(H,21,22)/t11-,14?/m1/s1. The van der Waals surface area contributed by atoms with Gasteiger partial charge >= 0.3 is 5.97 Å². The van der Waals surface area contributed by atoms with Gasteiger partial charge in [-0.15, -0.1) is 0 Å². The smallest absolute Gasteiger partial charge is 0.325 e. The van der Waals surface area contributed by atoms with E-state index in [1.807, 2.05) is 4.90 Å². The van der Waals surface area contributed by atoms with Crippen LogP contribution in [-0.4, -0.2) is 40.5 Å². The Morgan fingerprint density at radius 1 is 1.36 bits per heavy atom. The van der Waals surface area contributed by atoms with Crippen molar-refractivity contribution >= 4 is 11.9 Å². The van der Waals surface area contributed by atoms with E-state index >= 15 is 0 Å². The van der Waals surface area contributed by atoms with Gasteiger partial charge in [-0.3, -0.25) is 14.5 Å². The Hall–Kier alpha value is -1.95. The van der Waals surface area contributed by atoms with Gasteiger partial charge in [0.2, 0.25) is 5.91 Å². The number of carbonyl (C=O) groups is 2. The molecule has 1 aromatic rings. The molecule has 1 amide bonds. The second-order valence-electron chi connectivity index (χ2n) is 5.68. The molecule has 1 aliphatic rings. The Balaban J connectivity index is 2.02. The molecule has 5 nitrogen and oxygen atoms in total. The Kier molecular flexibility index (Phi) is 5.49. The Bertz CT molecular complexity index is 533. The molecule has 1 aliphatic heterocycles. The van der Waals surface area contributed by atoms with Crippen molar-refractivity contribution < 1.29 is 19.1 Å². The van der Waals surface area contributed by atoms with E-state index in [1.165, 1.54) is 19.1 Å². The van der Waals surface area contributed by atoms with Gasteiger partial charge in [-0.25, -0.2) is 4.39 Å². The van der Waals surface area contributed by atoms with Gasteiger partial charge in [0.1, 0.15) is 11.9 Å². The van der Waals surface area contributed by atoms with Gasteiger partial charge in [0.15, 0.2) is 0 Å². The third-order valence-electron chi connectivity index (χ3n) is 3.94. The summed E-state index contributed by atoms with van der Waals surface area (Å²) in [6, 6.07) is 4.99. The van der Waals surface area contributed by atoms with Gasteiger partial charge in [0, 0.05) is 6.54 Å². The molecule has 2 N–H and O–H groups in total. The quantitative estimate of drug-likeness (QED) is 0.870. The number of benzene rings is 1. The maximum absolute atomic E-state index is 13.0. The molecular weight excluding hydrogens is 287 g/mol. The molecule has 22 heavy (non-hydrogen) atoms. The van der Waals surface area contributed by atoms with Crippen molar-refractivity contribution in [2.45, 2.75) is 44.8 Å². The highest BCUT2D eigenvalue weighted by Crippen LogP contribution is 2.20. The molecule has 0 spiro atoms. The lowest BCUT2D eigenvalue weighted by molar-refractivity contribution is -0.142. The molecule has 0 bridgehead atoms. The van der Waals surface area contributed by atoms with Crippen molar-refractivity contribution in [3.63, 3.8) is 0 Å². The van der Waals surface area contributed by atoms with E-state index in [-0.39, 0.29) is 17.8 Å². The van der Waals surface area contributed by atoms with Crippen molar-refractivity contribution in [2.24, 2.45) is 0 Å². The lowest BCUT2D eigenvalue weighted by atomic mass is 10.00. The first-order chi connectivity index (χ1) is 10.5. The Morgan fingerprint density at radius 3 is 2.68 bits per heavy atom. The van der Waals surface area contributed by atoms with Gasteiger partial charge in [0.05, 0.1) is 6.04 Å². The molecular formula is C16H21FN2O3. The van der Waals surface area contributed by atoms with Crippen LogP contribution in [0.4, 0.5) is 4.39 Å². The van der Waals surface area contributed by atoms with Gasteiger partial charge in [-0.05, 0) is 44.0 Å². The Morgan fingerprint density at radius 2 is 2.05 bits per heavy atom. The molecule has 0 aromatic heterocycles. The summed E-state index contributed by atoms with van der Waals surface area (Å²) >= 11 is 0. The largest absolute Gasteiger partial charge is 0.480 e. The summed E-state index contributed by atoms with van der Waals surface area (Å²) < 4.78 is 13.0. The van der Waals surface area contributed by atoms with E-state index in [0.29, 0.717) is 13.0 Å². The zero-order valence-corrected chi connectivity index (χ0v) is 12.6. The minimum atomic E-state index is -1.05. The van der Waals surface area contributed by atoms with Crippen molar-refractivity contribution in [3.8, 4) is 0 Å². The van der Waals surface area contributed by atoms with Crippen LogP contribution in [0.25, 0.3) is 0 Å². The molecule has 1 heterocycles. The van der Waals surface area contributed by atoms with Gasteiger partial charge in [0.25, 0.3) is 0 Å². The van der Waals surface area contributed by atoms with E-state index in [4.69, 9.17) is 5.11 Å². The fourth-order valence-corrected chi connectivity index (χ4v) is 2.67. The number of nitrogens with zero attached hydrogens (tertiary/aromatic N) is 1. The van der Waals surface area contributed by atoms with Crippen LogP contribution < -0.4 is 5.32 Å². The number of amides is 1. The van der Waals surface area contributed by atoms with Crippen molar-refractivity contribution in [1.82, 2.24) is 10.2 Å². The fraction of sp³-hybridized carbons (Fsp3) is 0.500. The van der Waals surface area contributed by atoms with Gasteiger partial charge < -0.3 is 10.4 Å². The molecule has 0 radical (unpaired) electrons. The highest BCUT2D eigenvalue weighted by atomic mass is 19.1. The topological polar surface area (TPSA) is 69.6 Å². The average molecular weight is 308 g/mol. The molecule has 1 aromatic carbocycles. The SMILES string of the molecule is C[C@@H](NC(=O)C1CCCCN1Cc1ccc(F)cc1)C(=O)O. The van der Waals surface area contributed by atoms with Crippen LogP contribution in [0, 0.1) is 5.82 Å². The highest BCUT2D eigenvalue weighted by molar-refractivity contribution is 5.86. The van der Waals surface area contributed by atoms with Crippen molar-refractivity contribution in [2.75, 3.05) is 6.54 Å². The number of aliphatic carboxylic acids is 1. The summed E-state index contributed by atoms with van der Waals surface area (Å²) in [5.41, 5.74) is 0.937. The minimum absolute atomic E-state index is 0.253. The molecule has 2 rings (SSSR count). The molecule has 1 saturated heterocycles. The lowest BCUT2D eigenvalue weighted by Gasteiger charge is -2.35. The predicted molar refractivity (Wildman–Crippen MR) is 79.7 cm³/mol. The maximum Gasteiger partial charge on any atom is 0.325 e. The second-order valence-corrected chi connectivity index (χ2v) is 5.68. The number of rotatable bonds is 5. The summed E-state index contributed by atoms with van der Waals surface area (Å²) in [7, 11) is 0. The van der Waals surface area contributed by atoms with Gasteiger partial charge in [-0.2, -0.15) is 0 Å². The van der Waals surface area contributed by atoms with Crippen LogP contribution in [0.1, 0.15) is 31.7 Å². The van der Waals surface area contributed by atoms with Crippen LogP contribution in [0.2, 0.25) is 0 Å². The zero-order valence-electron chi connectivity index (χ0n) is 12.6. The number of halogens is 1. The molecule has 1 fully saturated rings. The summed E-state index contributed by atoms with van der Waals surface area (Å²) in [6.07, 6.45) is 2.65. The number of likely N-dealkylation sites (tertiary alicyclic amines) is 1. The average Bonchev–Trinajstić information content (AvgIpc) is 2.50. The van der Waals surface area contributed by atoms with Crippen molar-refractivity contribution in [1.29, 1.82) is 0 Å². The van der Waals surface area contributed by atoms with E-state index in [2.05, 4.69) is 5.32 Å². The number of carbonyl (C=O) groups excluding carboxylic acids is 1. The minimum Gasteiger partial charge on any atom is -0.480 e. The zero-order chi connectivity index (χ0) is 16.1. The molecule has 6 heteroatoms. The van der Waals surface area contributed by atoms with Crippen LogP contribution in [0.5, 0.6) is 0 Å². The summed E-state index contributed by atoms with van der Waals surface area (Å²) in [4.78, 5) is 25.2. The molecule has 1 unspecified atom stereocenters. The Labute approximate surface area is 129 Å². The van der Waals surface area contributed by atoms with E-state index in [0.717, 1.165) is 24.9 Å². The summed E-state index contributed by atoms with van der Waals surface area (Å²) in [5.74, 6) is -1.59. The van der Waals surface area contributed by atoms with Crippen LogP contribution in [-0.2, 0) is 16.1 Å². The molecule has 0 saturated carbocycles. The number of hydrogen-bond donors (Lipinski definition) is 2. The second kappa shape index (κ2) is 7.35. The number of piperidine rings is 1. The van der Waals surface area contributed by atoms with E-state index in [9.17, 15) is 14.0 Å². The molecule has 2 atom stereocenters. The van der Waals surface area contributed by atoms with E-state index in [1.54, 1.807) is 12.1 Å². The maximum atomic E-state index is 13.0. The first-order valence-corrected chi connectivity index (χ1v) is 7.49. The lowest BCUT2D eigenvalue weighted by Crippen LogP contribution is -2.52. The summed E-state index contributed by atoms with van der Waals surface area (Å²) in [5, 5.41) is 11.4. The van der Waals surface area contributed by atoms with Crippen LogP contribution in [0.3, 0.4) is 0 Å². The normalized spacial score (nSPS) is 20.4. The monoisotopic (exact) mass is 308 g/mol. The van der Waals surface area contributed by atoms with Crippen molar-refractivity contribution in [3.05, 3.63) is 35.6 Å². The number of nitrogens with one attached hydrogen (secondary N) is 1. The van der Waals surface area contributed by atoms with Crippen LogP contribution >= 0.6 is 0 Å². The van der Waals surface area contributed by atoms with Crippen LogP contribution in [0.15, 0.2) is 24.3 Å². The molecule has 120 valence electrons. The third-order valence-corrected chi connectivity index (χ3v) is 3.94. The number of carboxylic acids is 1.